The SMILES string of the molecule is Cc1cc(Br)ccc1CO[C@@H]1[C@H]2OC(C)(C)O[C@H]2O[C@@H]1[C@H]1COC(C)(C)O1. The molecule has 0 aliphatic carbocycles. The number of aryl methyl sites for hydroxylation is 1. The van der Waals surface area contributed by atoms with Crippen LogP contribution >= 0.6 is 15.9 Å². The van der Waals surface area contributed by atoms with Crippen LogP contribution in [0.2, 0.25) is 0 Å². The predicted molar refractivity (Wildman–Crippen MR) is 101 cm³/mol. The number of ether oxygens (including phenoxy) is 6. The van der Waals surface area contributed by atoms with Gasteiger partial charge in [-0.15, -0.1) is 0 Å². The fourth-order valence-corrected chi connectivity index (χ4v) is 4.35. The summed E-state index contributed by atoms with van der Waals surface area (Å²) < 4.78 is 37.3. The van der Waals surface area contributed by atoms with Gasteiger partial charge in [-0.05, 0) is 57.9 Å². The predicted octanol–water partition coefficient (Wildman–Crippen LogP) is 3.67. The average molecular weight is 443 g/mol. The van der Waals surface area contributed by atoms with Gasteiger partial charge < -0.3 is 28.4 Å². The van der Waals surface area contributed by atoms with Crippen LogP contribution in [0.1, 0.15) is 38.8 Å². The first-order valence-electron chi connectivity index (χ1n) is 9.33. The molecule has 0 spiro atoms. The molecule has 3 aliphatic heterocycles. The Morgan fingerprint density at radius 1 is 1.07 bits per heavy atom. The highest BCUT2D eigenvalue weighted by atomic mass is 79.9. The molecule has 5 atom stereocenters. The summed E-state index contributed by atoms with van der Waals surface area (Å²) in [5, 5.41) is 0. The molecule has 0 saturated carbocycles. The van der Waals surface area contributed by atoms with Gasteiger partial charge in [0, 0.05) is 4.47 Å². The third kappa shape index (κ3) is 4.10. The van der Waals surface area contributed by atoms with Crippen LogP contribution in [0.3, 0.4) is 0 Å². The standard InChI is InChI=1S/C20H27BrO6/c1-11-8-13(21)7-6-12(11)9-22-16-15(14-10-23-19(2,3)25-14)24-18-17(16)26-20(4,5)27-18/h6-8,14-18H,9-10H2,1-5H3/t14-,15-,16+,17-,18-/m1/s1. The largest absolute Gasteiger partial charge is 0.368 e. The van der Waals surface area contributed by atoms with Crippen molar-refractivity contribution in [2.75, 3.05) is 6.61 Å². The van der Waals surface area contributed by atoms with Crippen LogP contribution in [0.15, 0.2) is 22.7 Å². The van der Waals surface area contributed by atoms with Crippen LogP contribution in [0, 0.1) is 6.92 Å². The molecule has 0 bridgehead atoms. The Bertz CT molecular complexity index is 706. The third-order valence-corrected chi connectivity index (χ3v) is 5.65. The topological polar surface area (TPSA) is 55.4 Å². The number of benzene rings is 1. The van der Waals surface area contributed by atoms with Crippen molar-refractivity contribution >= 4 is 15.9 Å². The smallest absolute Gasteiger partial charge is 0.190 e. The molecule has 1 aromatic rings. The minimum Gasteiger partial charge on any atom is -0.368 e. The summed E-state index contributed by atoms with van der Waals surface area (Å²) in [4.78, 5) is 0. The van der Waals surface area contributed by atoms with Crippen molar-refractivity contribution < 1.29 is 28.4 Å². The van der Waals surface area contributed by atoms with E-state index in [4.69, 9.17) is 28.4 Å². The lowest BCUT2D eigenvalue weighted by Crippen LogP contribution is -2.44. The van der Waals surface area contributed by atoms with Crippen molar-refractivity contribution in [2.45, 2.75) is 83.5 Å². The van der Waals surface area contributed by atoms with Gasteiger partial charge in [-0.1, -0.05) is 22.0 Å². The van der Waals surface area contributed by atoms with Crippen LogP contribution in [0.5, 0.6) is 0 Å². The summed E-state index contributed by atoms with van der Waals surface area (Å²) in [6, 6.07) is 6.17. The first kappa shape index (κ1) is 19.8. The van der Waals surface area contributed by atoms with Gasteiger partial charge in [0.1, 0.15) is 24.4 Å². The Morgan fingerprint density at radius 2 is 1.85 bits per heavy atom. The molecular formula is C20H27BrO6. The molecule has 0 unspecified atom stereocenters. The molecule has 150 valence electrons. The Labute approximate surface area is 168 Å². The van der Waals surface area contributed by atoms with E-state index in [-0.39, 0.29) is 24.4 Å². The zero-order valence-electron chi connectivity index (χ0n) is 16.4. The van der Waals surface area contributed by atoms with Crippen LogP contribution < -0.4 is 0 Å². The maximum absolute atomic E-state index is 6.33. The maximum atomic E-state index is 6.33. The van der Waals surface area contributed by atoms with E-state index >= 15 is 0 Å². The first-order chi connectivity index (χ1) is 12.6. The van der Waals surface area contributed by atoms with Crippen LogP contribution in [0.4, 0.5) is 0 Å². The second-order valence-corrected chi connectivity index (χ2v) is 9.20. The zero-order valence-corrected chi connectivity index (χ0v) is 17.9. The highest BCUT2D eigenvalue weighted by Crippen LogP contribution is 2.42. The van der Waals surface area contributed by atoms with E-state index in [1.807, 2.05) is 33.8 Å². The van der Waals surface area contributed by atoms with Crippen molar-refractivity contribution in [3.63, 3.8) is 0 Å². The molecule has 0 N–H and O–H groups in total. The average Bonchev–Trinajstić information content (AvgIpc) is 3.16. The minimum absolute atomic E-state index is 0.225. The molecule has 3 heterocycles. The number of rotatable bonds is 4. The Hall–Kier alpha value is -0.540. The van der Waals surface area contributed by atoms with E-state index in [2.05, 4.69) is 35.0 Å². The molecule has 27 heavy (non-hydrogen) atoms. The highest BCUT2D eigenvalue weighted by Gasteiger charge is 2.58. The molecule has 4 rings (SSSR count). The van der Waals surface area contributed by atoms with E-state index in [0.717, 1.165) is 10.0 Å². The molecule has 6 nitrogen and oxygen atoms in total. The van der Waals surface area contributed by atoms with E-state index in [0.29, 0.717) is 13.2 Å². The highest BCUT2D eigenvalue weighted by molar-refractivity contribution is 9.10. The molecule has 3 aliphatic rings. The number of hydrogen-bond acceptors (Lipinski definition) is 6. The molecule has 3 fully saturated rings. The van der Waals surface area contributed by atoms with Crippen molar-refractivity contribution in [3.05, 3.63) is 33.8 Å². The van der Waals surface area contributed by atoms with E-state index in [1.165, 1.54) is 5.56 Å². The number of fused-ring (bicyclic) bond motifs is 1. The first-order valence-corrected chi connectivity index (χ1v) is 10.1. The van der Waals surface area contributed by atoms with Gasteiger partial charge in [-0.25, -0.2) is 0 Å². The molecule has 3 saturated heterocycles. The van der Waals surface area contributed by atoms with E-state index < -0.39 is 17.9 Å². The van der Waals surface area contributed by atoms with Crippen LogP contribution in [-0.2, 0) is 35.0 Å². The molecule has 0 aromatic heterocycles. The fourth-order valence-electron chi connectivity index (χ4n) is 3.88. The molecular weight excluding hydrogens is 416 g/mol. The minimum atomic E-state index is -0.693. The van der Waals surface area contributed by atoms with Gasteiger partial charge in [0.05, 0.1) is 13.2 Å². The lowest BCUT2D eigenvalue weighted by atomic mass is 10.1. The fraction of sp³-hybridized carbons (Fsp3) is 0.700. The van der Waals surface area contributed by atoms with Gasteiger partial charge in [0.15, 0.2) is 17.9 Å². The normalized spacial score (nSPS) is 36.9. The molecule has 0 amide bonds. The quantitative estimate of drug-likeness (QED) is 0.708. The summed E-state index contributed by atoms with van der Waals surface area (Å²) in [6.07, 6.45) is -1.60. The number of hydrogen-bond donors (Lipinski definition) is 0. The van der Waals surface area contributed by atoms with Gasteiger partial charge in [0.2, 0.25) is 0 Å². The van der Waals surface area contributed by atoms with E-state index in [1.54, 1.807) is 0 Å². The van der Waals surface area contributed by atoms with Crippen molar-refractivity contribution in [1.82, 2.24) is 0 Å². The zero-order chi connectivity index (χ0) is 19.4. The Kier molecular flexibility index (Phi) is 5.17. The summed E-state index contributed by atoms with van der Waals surface area (Å²) in [5.41, 5.74) is 2.30. The summed E-state index contributed by atoms with van der Waals surface area (Å²) in [7, 11) is 0. The van der Waals surface area contributed by atoms with Crippen molar-refractivity contribution in [3.8, 4) is 0 Å². The van der Waals surface area contributed by atoms with Crippen LogP contribution in [0.25, 0.3) is 0 Å². The lowest BCUT2D eigenvalue weighted by molar-refractivity contribution is -0.236. The summed E-state index contributed by atoms with van der Waals surface area (Å²) in [5.74, 6) is -1.32. The van der Waals surface area contributed by atoms with Gasteiger partial charge >= 0.3 is 0 Å². The second-order valence-electron chi connectivity index (χ2n) is 8.28. The van der Waals surface area contributed by atoms with Gasteiger partial charge in [-0.2, -0.15) is 0 Å². The summed E-state index contributed by atoms with van der Waals surface area (Å²) in [6.45, 7) is 10.6. The Morgan fingerprint density at radius 3 is 2.52 bits per heavy atom. The maximum Gasteiger partial charge on any atom is 0.190 e. The van der Waals surface area contributed by atoms with Crippen LogP contribution in [-0.4, -0.2) is 48.9 Å². The van der Waals surface area contributed by atoms with Gasteiger partial charge in [0.25, 0.3) is 0 Å². The Balaban J connectivity index is 1.51. The van der Waals surface area contributed by atoms with E-state index in [9.17, 15) is 0 Å². The molecule has 7 heteroatoms. The molecule has 0 radical (unpaired) electrons. The van der Waals surface area contributed by atoms with Crippen molar-refractivity contribution in [2.24, 2.45) is 0 Å². The lowest BCUT2D eigenvalue weighted by Gasteiger charge is -2.29. The molecule has 1 aromatic carbocycles. The monoisotopic (exact) mass is 442 g/mol. The second kappa shape index (κ2) is 7.06. The van der Waals surface area contributed by atoms with Crippen molar-refractivity contribution in [1.29, 1.82) is 0 Å². The number of halogens is 1. The third-order valence-electron chi connectivity index (χ3n) is 5.16. The summed E-state index contributed by atoms with van der Waals surface area (Å²) >= 11 is 3.50. The van der Waals surface area contributed by atoms with Gasteiger partial charge in [-0.3, -0.25) is 0 Å².